The normalized spacial score (nSPS) is 11.0. The molecule has 0 aliphatic heterocycles. The molecule has 3 rings (SSSR count). The zero-order valence-corrected chi connectivity index (χ0v) is 10.3. The van der Waals surface area contributed by atoms with Gasteiger partial charge in [0.2, 0.25) is 0 Å². The molecule has 0 saturated carbocycles. The molecule has 0 aliphatic carbocycles. The van der Waals surface area contributed by atoms with Crippen molar-refractivity contribution in [1.82, 2.24) is 19.8 Å². The van der Waals surface area contributed by atoms with Gasteiger partial charge in [-0.05, 0) is 24.3 Å². The van der Waals surface area contributed by atoms with E-state index < -0.39 is 0 Å². The molecular formula is C11H7FN4O2S. The second kappa shape index (κ2) is 4.81. The maximum atomic E-state index is 12.7. The second-order valence-electron chi connectivity index (χ2n) is 3.64. The van der Waals surface area contributed by atoms with E-state index in [1.54, 1.807) is 0 Å². The lowest BCUT2D eigenvalue weighted by Crippen LogP contribution is -2.02. The van der Waals surface area contributed by atoms with Crippen molar-refractivity contribution in [2.45, 2.75) is 5.22 Å². The number of nitrogens with zero attached hydrogens (tertiary/aromatic N) is 4. The van der Waals surface area contributed by atoms with Crippen LogP contribution in [0.5, 0.6) is 0 Å². The number of carbonyl (C=O) groups is 1. The first-order valence-corrected chi connectivity index (χ1v) is 6.29. The molecule has 96 valence electrons. The molecule has 0 aliphatic rings. The fraction of sp³-hybridized carbons (Fsp3) is 0.0909. The number of rotatable bonds is 4. The minimum Gasteiger partial charge on any atom is -0.396 e. The van der Waals surface area contributed by atoms with Gasteiger partial charge in [0, 0.05) is 5.56 Å². The van der Waals surface area contributed by atoms with Crippen LogP contribution in [0.2, 0.25) is 0 Å². The Morgan fingerprint density at radius 1 is 1.37 bits per heavy atom. The zero-order chi connectivity index (χ0) is 13.2. The largest absolute Gasteiger partial charge is 0.396 e. The minimum absolute atomic E-state index is 0.126. The third-order valence-electron chi connectivity index (χ3n) is 2.36. The Balaban J connectivity index is 1.67. The summed E-state index contributed by atoms with van der Waals surface area (Å²) in [5.41, 5.74) is 0.451. The minimum atomic E-state index is -0.370. The van der Waals surface area contributed by atoms with Gasteiger partial charge in [0.25, 0.3) is 5.22 Å². The molecule has 0 unspecified atom stereocenters. The Kier molecular flexibility index (Phi) is 3.00. The van der Waals surface area contributed by atoms with E-state index in [9.17, 15) is 9.18 Å². The summed E-state index contributed by atoms with van der Waals surface area (Å²) < 4.78 is 19.3. The number of halogens is 1. The molecule has 0 spiro atoms. The van der Waals surface area contributed by atoms with Crippen LogP contribution in [0.1, 0.15) is 10.4 Å². The Labute approximate surface area is 110 Å². The van der Waals surface area contributed by atoms with Crippen LogP contribution in [0, 0.1) is 5.82 Å². The third kappa shape index (κ3) is 2.48. The van der Waals surface area contributed by atoms with Crippen LogP contribution in [0.15, 0.2) is 40.2 Å². The van der Waals surface area contributed by atoms with Crippen LogP contribution < -0.4 is 0 Å². The average Bonchev–Trinajstić information content (AvgIpc) is 2.97. The van der Waals surface area contributed by atoms with Gasteiger partial charge in [-0.25, -0.2) is 4.39 Å². The molecule has 0 N–H and O–H groups in total. The van der Waals surface area contributed by atoms with Crippen molar-refractivity contribution in [3.8, 4) is 0 Å². The van der Waals surface area contributed by atoms with E-state index in [2.05, 4.69) is 15.3 Å². The molecule has 0 bridgehead atoms. The van der Waals surface area contributed by atoms with Crippen LogP contribution in [0.4, 0.5) is 4.39 Å². The van der Waals surface area contributed by atoms with E-state index in [0.717, 1.165) is 11.8 Å². The van der Waals surface area contributed by atoms with Gasteiger partial charge in [-0.1, -0.05) is 16.9 Å². The van der Waals surface area contributed by atoms with Crippen molar-refractivity contribution in [3.05, 3.63) is 42.0 Å². The number of thioether (sulfide) groups is 1. The lowest BCUT2D eigenvalue weighted by atomic mass is 10.1. The summed E-state index contributed by atoms with van der Waals surface area (Å²) in [5, 5.41) is 11.6. The van der Waals surface area contributed by atoms with Gasteiger partial charge in [0.15, 0.2) is 5.78 Å². The van der Waals surface area contributed by atoms with Crippen LogP contribution in [0.3, 0.4) is 0 Å². The molecule has 0 amide bonds. The van der Waals surface area contributed by atoms with Gasteiger partial charge in [0.1, 0.15) is 12.1 Å². The van der Waals surface area contributed by atoms with Crippen molar-refractivity contribution in [2.75, 3.05) is 5.75 Å². The molecule has 6 nitrogen and oxygen atoms in total. The van der Waals surface area contributed by atoms with E-state index in [4.69, 9.17) is 4.42 Å². The number of benzene rings is 1. The summed E-state index contributed by atoms with van der Waals surface area (Å²) in [6, 6.07) is 5.40. The first kappa shape index (κ1) is 11.8. The monoisotopic (exact) mass is 278 g/mol. The van der Waals surface area contributed by atoms with Crippen molar-refractivity contribution in [1.29, 1.82) is 0 Å². The van der Waals surface area contributed by atoms with Crippen LogP contribution in [-0.2, 0) is 0 Å². The molecule has 0 saturated heterocycles. The van der Waals surface area contributed by atoms with Crippen LogP contribution in [-0.4, -0.2) is 31.3 Å². The molecule has 0 radical (unpaired) electrons. The molecule has 2 aromatic heterocycles. The van der Waals surface area contributed by atoms with E-state index in [1.165, 1.54) is 35.1 Å². The smallest absolute Gasteiger partial charge is 0.345 e. The summed E-state index contributed by atoms with van der Waals surface area (Å²) in [7, 11) is 0. The van der Waals surface area contributed by atoms with Crippen molar-refractivity contribution in [2.24, 2.45) is 0 Å². The topological polar surface area (TPSA) is 73.3 Å². The van der Waals surface area contributed by atoms with Crippen LogP contribution >= 0.6 is 11.8 Å². The average molecular weight is 278 g/mol. The van der Waals surface area contributed by atoms with E-state index in [-0.39, 0.29) is 23.2 Å². The Morgan fingerprint density at radius 3 is 2.89 bits per heavy atom. The first-order valence-electron chi connectivity index (χ1n) is 5.31. The van der Waals surface area contributed by atoms with Gasteiger partial charge in [-0.15, -0.1) is 10.2 Å². The van der Waals surface area contributed by atoms with E-state index in [0.29, 0.717) is 10.8 Å². The van der Waals surface area contributed by atoms with E-state index in [1.807, 2.05) is 0 Å². The number of aromatic nitrogens is 4. The number of hydrogen-bond acceptors (Lipinski definition) is 6. The Hall–Kier alpha value is -2.22. The molecule has 19 heavy (non-hydrogen) atoms. The Bertz CT molecular complexity index is 693. The predicted octanol–water partition coefficient (Wildman–Crippen LogP) is 1.83. The second-order valence-corrected chi connectivity index (χ2v) is 4.57. The molecule has 2 heterocycles. The Morgan fingerprint density at radius 2 is 2.16 bits per heavy atom. The lowest BCUT2D eigenvalue weighted by Gasteiger charge is -1.98. The predicted molar refractivity (Wildman–Crippen MR) is 64.5 cm³/mol. The van der Waals surface area contributed by atoms with Crippen molar-refractivity contribution in [3.63, 3.8) is 0 Å². The quantitative estimate of drug-likeness (QED) is 0.535. The number of fused-ring (bicyclic) bond motifs is 1. The van der Waals surface area contributed by atoms with Crippen molar-refractivity contribution < 1.29 is 13.6 Å². The molecule has 3 aromatic rings. The highest BCUT2D eigenvalue weighted by atomic mass is 32.2. The van der Waals surface area contributed by atoms with Gasteiger partial charge in [0.05, 0.1) is 5.75 Å². The highest BCUT2D eigenvalue weighted by Gasteiger charge is 2.11. The maximum Gasteiger partial charge on any atom is 0.345 e. The van der Waals surface area contributed by atoms with E-state index >= 15 is 0 Å². The number of Topliss-reactive ketones (excluding diaryl/α,β-unsaturated/α-hetero) is 1. The number of carbonyl (C=O) groups excluding carboxylic acids is 1. The van der Waals surface area contributed by atoms with Crippen molar-refractivity contribution >= 4 is 23.4 Å². The fourth-order valence-electron chi connectivity index (χ4n) is 1.45. The summed E-state index contributed by atoms with van der Waals surface area (Å²) in [6.45, 7) is 0. The molecular weight excluding hydrogens is 271 g/mol. The lowest BCUT2D eigenvalue weighted by molar-refractivity contribution is 0.102. The molecule has 8 heteroatoms. The summed E-state index contributed by atoms with van der Waals surface area (Å²) in [6.07, 6.45) is 1.41. The summed E-state index contributed by atoms with van der Waals surface area (Å²) >= 11 is 1.15. The third-order valence-corrected chi connectivity index (χ3v) is 3.18. The molecule has 0 atom stereocenters. The summed E-state index contributed by atoms with van der Waals surface area (Å²) in [4.78, 5) is 11.8. The SMILES string of the molecule is O=C(CSc1nn2cnnc2o1)c1ccc(F)cc1. The molecule has 1 aromatic carbocycles. The number of hydrogen-bond donors (Lipinski definition) is 0. The van der Waals surface area contributed by atoms with Crippen LogP contribution in [0.25, 0.3) is 5.84 Å². The first-order chi connectivity index (χ1) is 9.22. The fourth-order valence-corrected chi connectivity index (χ4v) is 2.15. The van der Waals surface area contributed by atoms with Gasteiger partial charge < -0.3 is 4.42 Å². The maximum absolute atomic E-state index is 12.7. The van der Waals surface area contributed by atoms with Gasteiger partial charge in [-0.2, -0.15) is 4.52 Å². The summed E-state index contributed by atoms with van der Waals surface area (Å²) in [5.74, 6) is -0.0655. The zero-order valence-electron chi connectivity index (χ0n) is 9.49. The molecule has 0 fully saturated rings. The highest BCUT2D eigenvalue weighted by molar-refractivity contribution is 7.99. The van der Waals surface area contributed by atoms with Gasteiger partial charge >= 0.3 is 5.84 Å². The highest BCUT2D eigenvalue weighted by Crippen LogP contribution is 2.18. The standard InChI is InChI=1S/C11H7FN4O2S/c12-8-3-1-7(2-4-8)9(17)5-19-11-15-16-6-13-14-10(16)18-11/h1-4,6H,5H2. The number of ketones is 1. The van der Waals surface area contributed by atoms with Gasteiger partial charge in [-0.3, -0.25) is 4.79 Å².